The Balaban J connectivity index is 1.79. The predicted octanol–water partition coefficient (Wildman–Crippen LogP) is 4.50. The number of hydrogen-bond acceptors (Lipinski definition) is 2. The zero-order valence-electron chi connectivity index (χ0n) is 11.0. The van der Waals surface area contributed by atoms with Gasteiger partial charge in [0.25, 0.3) is 0 Å². The van der Waals surface area contributed by atoms with E-state index in [-0.39, 0.29) is 0 Å². The average molecular weight is 258 g/mol. The van der Waals surface area contributed by atoms with Gasteiger partial charge in [-0.15, -0.1) is 0 Å². The van der Waals surface area contributed by atoms with Crippen molar-refractivity contribution in [3.8, 4) is 11.1 Å². The van der Waals surface area contributed by atoms with Gasteiger partial charge in [-0.1, -0.05) is 48.5 Å². The van der Waals surface area contributed by atoms with Crippen LogP contribution < -0.4 is 0 Å². The van der Waals surface area contributed by atoms with Crippen molar-refractivity contribution in [1.29, 1.82) is 0 Å². The van der Waals surface area contributed by atoms with E-state index in [4.69, 9.17) is 0 Å². The van der Waals surface area contributed by atoms with Crippen molar-refractivity contribution in [1.82, 2.24) is 4.98 Å². The van der Waals surface area contributed by atoms with Crippen LogP contribution in [0.1, 0.15) is 5.69 Å². The normalized spacial score (nSPS) is 10.8. The topological polar surface area (TPSA) is 25.2 Å². The summed E-state index contributed by atoms with van der Waals surface area (Å²) < 4.78 is 0. The minimum atomic E-state index is 0.861. The van der Waals surface area contributed by atoms with Gasteiger partial charge in [0.2, 0.25) is 0 Å². The molecule has 0 radical (unpaired) electrons. The van der Waals surface area contributed by atoms with Crippen LogP contribution in [0.3, 0.4) is 0 Å². The summed E-state index contributed by atoms with van der Waals surface area (Å²) in [6.45, 7) is 0. The summed E-state index contributed by atoms with van der Waals surface area (Å²) >= 11 is 0. The smallest absolute Gasteiger partial charge is 0.0812 e. The molecule has 96 valence electrons. The molecule has 0 aliphatic heterocycles. The summed E-state index contributed by atoms with van der Waals surface area (Å²) in [4.78, 5) is 8.63. The predicted molar refractivity (Wildman–Crippen MR) is 83.4 cm³/mol. The molecule has 0 aliphatic rings. The Morgan fingerprint density at radius 2 is 1.40 bits per heavy atom. The van der Waals surface area contributed by atoms with Crippen LogP contribution in [0.2, 0.25) is 0 Å². The van der Waals surface area contributed by atoms with E-state index in [1.54, 1.807) is 12.4 Å². The minimum absolute atomic E-state index is 0.861. The zero-order valence-corrected chi connectivity index (χ0v) is 11.0. The Bertz CT molecular complexity index is 687. The number of nitrogens with zero attached hydrogens (tertiary/aromatic N) is 2. The lowest BCUT2D eigenvalue weighted by molar-refractivity contribution is 1.30. The van der Waals surface area contributed by atoms with Crippen LogP contribution in [0.15, 0.2) is 84.0 Å². The second-order valence-electron chi connectivity index (χ2n) is 4.43. The molecule has 2 aromatic carbocycles. The van der Waals surface area contributed by atoms with Gasteiger partial charge < -0.3 is 0 Å². The molecule has 1 aromatic heterocycles. The number of pyridine rings is 1. The lowest BCUT2D eigenvalue weighted by atomic mass is 10.1. The Labute approximate surface area is 118 Å². The molecule has 2 nitrogen and oxygen atoms in total. The van der Waals surface area contributed by atoms with Gasteiger partial charge in [0, 0.05) is 6.20 Å². The highest BCUT2D eigenvalue weighted by atomic mass is 14.8. The zero-order chi connectivity index (χ0) is 13.6. The van der Waals surface area contributed by atoms with E-state index in [0.717, 1.165) is 11.4 Å². The fourth-order valence-electron chi connectivity index (χ4n) is 1.96. The lowest BCUT2D eigenvalue weighted by Crippen LogP contribution is -1.83. The summed E-state index contributed by atoms with van der Waals surface area (Å²) in [5.41, 5.74) is 4.20. The SMILES string of the molecule is C(=Nc1ccc(-c2ccccc2)cc1)c1ccccn1. The van der Waals surface area contributed by atoms with Crippen LogP contribution in [0, 0.1) is 0 Å². The molecule has 3 rings (SSSR count). The van der Waals surface area contributed by atoms with Crippen molar-refractivity contribution in [3.05, 3.63) is 84.7 Å². The molecule has 2 heteroatoms. The number of aliphatic imine (C=N–C) groups is 1. The Kier molecular flexibility index (Phi) is 3.65. The van der Waals surface area contributed by atoms with E-state index in [1.807, 2.05) is 48.5 Å². The van der Waals surface area contributed by atoms with Gasteiger partial charge in [-0.25, -0.2) is 0 Å². The molecule has 20 heavy (non-hydrogen) atoms. The highest BCUT2D eigenvalue weighted by Gasteiger charge is 1.96. The van der Waals surface area contributed by atoms with Crippen molar-refractivity contribution in [2.75, 3.05) is 0 Å². The third-order valence-electron chi connectivity index (χ3n) is 3.01. The minimum Gasteiger partial charge on any atom is -0.255 e. The maximum atomic E-state index is 4.42. The van der Waals surface area contributed by atoms with Gasteiger partial charge in [0.15, 0.2) is 0 Å². The van der Waals surface area contributed by atoms with Crippen LogP contribution in [0.25, 0.3) is 11.1 Å². The molecule has 0 N–H and O–H groups in total. The Hall–Kier alpha value is -2.74. The van der Waals surface area contributed by atoms with Crippen molar-refractivity contribution in [3.63, 3.8) is 0 Å². The van der Waals surface area contributed by atoms with E-state index in [1.165, 1.54) is 11.1 Å². The molecule has 0 bridgehead atoms. The van der Waals surface area contributed by atoms with Crippen LogP contribution in [-0.4, -0.2) is 11.2 Å². The van der Waals surface area contributed by atoms with Gasteiger partial charge in [0.1, 0.15) is 0 Å². The fraction of sp³-hybridized carbons (Fsp3) is 0. The second kappa shape index (κ2) is 5.93. The van der Waals surface area contributed by atoms with Gasteiger partial charge in [-0.3, -0.25) is 9.98 Å². The van der Waals surface area contributed by atoms with E-state index in [2.05, 4.69) is 34.2 Å². The molecule has 0 fully saturated rings. The fourth-order valence-corrected chi connectivity index (χ4v) is 1.96. The van der Waals surface area contributed by atoms with Gasteiger partial charge in [-0.05, 0) is 35.4 Å². The Morgan fingerprint density at radius 3 is 2.10 bits per heavy atom. The summed E-state index contributed by atoms with van der Waals surface area (Å²) in [7, 11) is 0. The maximum absolute atomic E-state index is 4.42. The lowest BCUT2D eigenvalue weighted by Gasteiger charge is -2.01. The third-order valence-corrected chi connectivity index (χ3v) is 3.01. The van der Waals surface area contributed by atoms with E-state index in [0.29, 0.717) is 0 Å². The summed E-state index contributed by atoms with van der Waals surface area (Å²) in [6, 6.07) is 24.3. The second-order valence-corrected chi connectivity index (χ2v) is 4.43. The first-order valence-electron chi connectivity index (χ1n) is 6.52. The first kappa shape index (κ1) is 12.3. The Morgan fingerprint density at radius 1 is 0.700 bits per heavy atom. The number of rotatable bonds is 3. The summed E-state index contributed by atoms with van der Waals surface area (Å²) in [5.74, 6) is 0. The average Bonchev–Trinajstić information content (AvgIpc) is 2.55. The molecule has 3 aromatic rings. The molecule has 0 atom stereocenters. The highest BCUT2D eigenvalue weighted by molar-refractivity contribution is 5.79. The molecule has 0 spiro atoms. The molecule has 0 saturated carbocycles. The van der Waals surface area contributed by atoms with E-state index < -0.39 is 0 Å². The summed E-state index contributed by atoms with van der Waals surface area (Å²) in [6.07, 6.45) is 3.54. The molecular weight excluding hydrogens is 244 g/mol. The quantitative estimate of drug-likeness (QED) is 0.635. The van der Waals surface area contributed by atoms with Crippen molar-refractivity contribution in [2.24, 2.45) is 4.99 Å². The first-order valence-corrected chi connectivity index (χ1v) is 6.52. The van der Waals surface area contributed by atoms with E-state index >= 15 is 0 Å². The largest absolute Gasteiger partial charge is 0.255 e. The van der Waals surface area contributed by atoms with Crippen molar-refractivity contribution in [2.45, 2.75) is 0 Å². The van der Waals surface area contributed by atoms with E-state index in [9.17, 15) is 0 Å². The molecule has 0 unspecified atom stereocenters. The summed E-state index contributed by atoms with van der Waals surface area (Å²) in [5, 5.41) is 0. The van der Waals surface area contributed by atoms with Crippen LogP contribution in [-0.2, 0) is 0 Å². The molecule has 0 amide bonds. The highest BCUT2D eigenvalue weighted by Crippen LogP contribution is 2.22. The van der Waals surface area contributed by atoms with Gasteiger partial charge in [-0.2, -0.15) is 0 Å². The molecule has 0 aliphatic carbocycles. The van der Waals surface area contributed by atoms with Crippen molar-refractivity contribution >= 4 is 11.9 Å². The maximum Gasteiger partial charge on any atom is 0.0812 e. The first-order chi connectivity index (χ1) is 9.92. The van der Waals surface area contributed by atoms with Gasteiger partial charge in [0.05, 0.1) is 17.6 Å². The molecule has 0 saturated heterocycles. The molecule has 1 heterocycles. The van der Waals surface area contributed by atoms with Gasteiger partial charge >= 0.3 is 0 Å². The monoisotopic (exact) mass is 258 g/mol. The molecular formula is C18H14N2. The number of benzene rings is 2. The number of hydrogen-bond donors (Lipinski definition) is 0. The van der Waals surface area contributed by atoms with Crippen molar-refractivity contribution < 1.29 is 0 Å². The third kappa shape index (κ3) is 2.98. The van der Waals surface area contributed by atoms with Crippen LogP contribution >= 0.6 is 0 Å². The van der Waals surface area contributed by atoms with Crippen LogP contribution in [0.5, 0.6) is 0 Å². The van der Waals surface area contributed by atoms with Crippen LogP contribution in [0.4, 0.5) is 5.69 Å². The standard InChI is InChI=1S/C18H14N2/c1-2-6-15(7-3-1)16-9-11-17(12-10-16)20-14-18-8-4-5-13-19-18/h1-14H. The number of aromatic nitrogens is 1.